The number of hydrogen-bond donors (Lipinski definition) is 0. The summed E-state index contributed by atoms with van der Waals surface area (Å²) in [6, 6.07) is 59.4. The summed E-state index contributed by atoms with van der Waals surface area (Å²) in [6.45, 7) is 11.9. The van der Waals surface area contributed by atoms with Gasteiger partial charge in [-0.1, -0.05) is 123 Å². The molecule has 3 heteroatoms. The molecule has 1 heterocycles. The molecule has 7 aromatic carbocycles. The maximum atomic E-state index is 3.50. The number of anilines is 3. The van der Waals surface area contributed by atoms with Crippen LogP contribution < -0.4 is 10.1 Å². The summed E-state index contributed by atoms with van der Waals surface area (Å²) in [7, 11) is -1.40. The van der Waals surface area contributed by atoms with E-state index in [0.29, 0.717) is 0 Å². The van der Waals surface area contributed by atoms with Gasteiger partial charge in [0.25, 0.3) is 0 Å². The smallest absolute Gasteiger partial charge is 0.0775 e. The van der Waals surface area contributed by atoms with Crippen molar-refractivity contribution in [1.29, 1.82) is 0 Å². The molecule has 2 nitrogen and oxygen atoms in total. The molecular formula is C50H42N2Si. The second kappa shape index (κ2) is 12.5. The van der Waals surface area contributed by atoms with E-state index in [-0.39, 0.29) is 5.41 Å². The second-order valence-corrected chi connectivity index (χ2v) is 20.8. The van der Waals surface area contributed by atoms with Gasteiger partial charge >= 0.3 is 0 Å². The number of nitrogens with zero attached hydrogens (tertiary/aromatic N) is 2. The minimum Gasteiger partial charge on any atom is -0.311 e. The Bertz CT molecular complexity index is 2660. The van der Waals surface area contributed by atoms with E-state index in [1.807, 2.05) is 0 Å². The van der Waals surface area contributed by atoms with E-state index < -0.39 is 8.07 Å². The van der Waals surface area contributed by atoms with Crippen molar-refractivity contribution in [3.05, 3.63) is 186 Å². The lowest BCUT2D eigenvalue weighted by molar-refractivity contribution is 0.661. The summed E-state index contributed by atoms with van der Waals surface area (Å²) in [5.41, 5.74) is 14.2. The number of benzene rings is 7. The fraction of sp³-hybridized carbons (Fsp3) is 0.120. The first-order valence-electron chi connectivity index (χ1n) is 18.5. The summed E-state index contributed by atoms with van der Waals surface area (Å²) in [5, 5.41) is 4.07. The molecule has 0 saturated heterocycles. The van der Waals surface area contributed by atoms with E-state index in [2.05, 4.69) is 219 Å². The van der Waals surface area contributed by atoms with Gasteiger partial charge in [-0.05, 0) is 113 Å². The Morgan fingerprint density at radius 2 is 1.06 bits per heavy atom. The predicted molar refractivity (Wildman–Crippen MR) is 228 cm³/mol. The fourth-order valence-corrected chi connectivity index (χ4v) is 9.27. The molecule has 53 heavy (non-hydrogen) atoms. The highest BCUT2D eigenvalue weighted by atomic mass is 28.3. The van der Waals surface area contributed by atoms with Crippen LogP contribution in [0.25, 0.3) is 38.6 Å². The molecule has 0 bridgehead atoms. The lowest BCUT2D eigenvalue weighted by Crippen LogP contribution is -2.37. The molecule has 1 aliphatic rings. The van der Waals surface area contributed by atoms with Crippen LogP contribution in [0, 0.1) is 11.8 Å². The van der Waals surface area contributed by atoms with E-state index >= 15 is 0 Å². The minimum absolute atomic E-state index is 0.154. The molecule has 256 valence electrons. The molecule has 1 aliphatic carbocycles. The zero-order chi connectivity index (χ0) is 36.3. The Hall–Kier alpha value is -6.08. The molecule has 0 fully saturated rings. The molecule has 1 aromatic heterocycles. The van der Waals surface area contributed by atoms with Crippen molar-refractivity contribution in [2.24, 2.45) is 0 Å². The number of rotatable bonds is 5. The minimum atomic E-state index is -1.40. The first-order valence-corrected chi connectivity index (χ1v) is 22.0. The van der Waals surface area contributed by atoms with Crippen LogP contribution in [0.5, 0.6) is 0 Å². The number of aromatic nitrogens is 1. The van der Waals surface area contributed by atoms with Gasteiger partial charge in [0, 0.05) is 50.1 Å². The average molecular weight is 699 g/mol. The third-order valence-corrected chi connectivity index (χ3v) is 13.0. The van der Waals surface area contributed by atoms with Crippen molar-refractivity contribution in [3.8, 4) is 28.7 Å². The maximum absolute atomic E-state index is 3.50. The van der Waals surface area contributed by atoms with Crippen LogP contribution in [0.4, 0.5) is 17.1 Å². The molecule has 0 radical (unpaired) electrons. The molecule has 0 amide bonds. The van der Waals surface area contributed by atoms with Gasteiger partial charge in [-0.25, -0.2) is 0 Å². The van der Waals surface area contributed by atoms with Crippen LogP contribution in [0.1, 0.15) is 36.1 Å². The van der Waals surface area contributed by atoms with Gasteiger partial charge in [0.15, 0.2) is 0 Å². The summed E-state index contributed by atoms with van der Waals surface area (Å²) < 4.78 is 2.45. The predicted octanol–water partition coefficient (Wildman–Crippen LogP) is 12.5. The highest BCUT2D eigenvalue weighted by Gasteiger charge is 2.36. The lowest BCUT2D eigenvalue weighted by atomic mass is 9.81. The van der Waals surface area contributed by atoms with Crippen LogP contribution in [0.2, 0.25) is 19.6 Å². The van der Waals surface area contributed by atoms with E-state index in [4.69, 9.17) is 0 Å². The number of para-hydroxylation sites is 3. The highest BCUT2D eigenvalue weighted by Crippen LogP contribution is 2.51. The Morgan fingerprint density at radius 3 is 1.72 bits per heavy atom. The molecule has 0 unspecified atom stereocenters. The molecule has 0 atom stereocenters. The molecule has 9 rings (SSSR count). The normalized spacial score (nSPS) is 13.0. The quantitative estimate of drug-likeness (QED) is 0.128. The zero-order valence-corrected chi connectivity index (χ0v) is 32.0. The summed E-state index contributed by atoms with van der Waals surface area (Å²) in [4.78, 5) is 2.27. The van der Waals surface area contributed by atoms with E-state index in [1.54, 1.807) is 0 Å². The standard InChI is InChI=1S/C50H42N2Si/c1-50(2)46-32-36(21-20-35-22-25-39(26-23-35)51(37-14-8-6-9-15-37)38-16-10-7-11-17-38)24-31-42(46)44-34-49-45(33-47(44)50)43-18-12-13-19-48(43)52(49)40-27-29-41(30-28-40)53(3,4)5/h6-19,22-34H,1-5H3. The van der Waals surface area contributed by atoms with Gasteiger partial charge in [-0.15, -0.1) is 0 Å². The van der Waals surface area contributed by atoms with Gasteiger partial charge in [0.05, 0.1) is 19.1 Å². The fourth-order valence-electron chi connectivity index (χ4n) is 8.10. The Balaban J connectivity index is 1.07. The van der Waals surface area contributed by atoms with Gasteiger partial charge in [-0.3, -0.25) is 0 Å². The largest absolute Gasteiger partial charge is 0.311 e. The van der Waals surface area contributed by atoms with Crippen LogP contribution >= 0.6 is 0 Å². The SMILES string of the molecule is CC1(C)c2cc(C#Cc3ccc(N(c4ccccc4)c4ccccc4)cc3)ccc2-c2cc3c(cc21)c1ccccc1n3-c1ccc([Si](C)(C)C)cc1. The Kier molecular flexibility index (Phi) is 7.77. The van der Waals surface area contributed by atoms with E-state index in [9.17, 15) is 0 Å². The molecule has 0 aliphatic heterocycles. The Morgan fingerprint density at radius 1 is 0.491 bits per heavy atom. The van der Waals surface area contributed by atoms with Crippen molar-refractivity contribution in [2.45, 2.75) is 38.9 Å². The second-order valence-electron chi connectivity index (χ2n) is 15.8. The third-order valence-electron chi connectivity index (χ3n) is 11.0. The number of fused-ring (bicyclic) bond motifs is 6. The first kappa shape index (κ1) is 32.8. The summed E-state index contributed by atoms with van der Waals surface area (Å²) >= 11 is 0. The zero-order valence-electron chi connectivity index (χ0n) is 31.0. The third kappa shape index (κ3) is 5.68. The van der Waals surface area contributed by atoms with Gasteiger partial charge < -0.3 is 9.47 Å². The van der Waals surface area contributed by atoms with Crippen LogP contribution in [0.15, 0.2) is 164 Å². The van der Waals surface area contributed by atoms with Crippen molar-refractivity contribution in [1.82, 2.24) is 4.57 Å². The van der Waals surface area contributed by atoms with Crippen LogP contribution in [-0.2, 0) is 5.41 Å². The monoisotopic (exact) mass is 698 g/mol. The molecule has 8 aromatic rings. The van der Waals surface area contributed by atoms with Gasteiger partial charge in [0.1, 0.15) is 0 Å². The molecule has 0 spiro atoms. The van der Waals surface area contributed by atoms with Crippen molar-refractivity contribution in [2.75, 3.05) is 4.90 Å². The van der Waals surface area contributed by atoms with Crippen LogP contribution in [0.3, 0.4) is 0 Å². The van der Waals surface area contributed by atoms with Crippen LogP contribution in [-0.4, -0.2) is 12.6 Å². The molecule has 0 saturated carbocycles. The molecular weight excluding hydrogens is 657 g/mol. The first-order chi connectivity index (χ1) is 25.7. The van der Waals surface area contributed by atoms with Crippen molar-refractivity contribution >= 4 is 52.1 Å². The maximum Gasteiger partial charge on any atom is 0.0775 e. The Labute approximate surface area is 314 Å². The van der Waals surface area contributed by atoms with Crippen molar-refractivity contribution in [3.63, 3.8) is 0 Å². The summed E-state index contributed by atoms with van der Waals surface area (Å²) in [6.07, 6.45) is 0. The van der Waals surface area contributed by atoms with E-state index in [1.165, 1.54) is 54.9 Å². The van der Waals surface area contributed by atoms with E-state index in [0.717, 1.165) is 28.2 Å². The van der Waals surface area contributed by atoms with Crippen molar-refractivity contribution < 1.29 is 0 Å². The lowest BCUT2D eigenvalue weighted by Gasteiger charge is -2.25. The molecule has 0 N–H and O–H groups in total. The highest BCUT2D eigenvalue weighted by molar-refractivity contribution is 6.88. The van der Waals surface area contributed by atoms with Gasteiger partial charge in [0.2, 0.25) is 0 Å². The van der Waals surface area contributed by atoms with Gasteiger partial charge in [-0.2, -0.15) is 0 Å². The number of hydrogen-bond acceptors (Lipinski definition) is 1. The average Bonchev–Trinajstić information content (AvgIpc) is 3.62. The topological polar surface area (TPSA) is 8.17 Å². The summed E-state index contributed by atoms with van der Waals surface area (Å²) in [5.74, 6) is 6.96.